The predicted octanol–water partition coefficient (Wildman–Crippen LogP) is 2.86. The molecule has 0 bridgehead atoms. The molecule has 1 saturated heterocycles. The van der Waals surface area contributed by atoms with Crippen LogP contribution in [0, 0.1) is 0 Å². The van der Waals surface area contributed by atoms with Crippen LogP contribution in [0.2, 0.25) is 0 Å². The van der Waals surface area contributed by atoms with Crippen LogP contribution in [0.15, 0.2) is 29.2 Å². The van der Waals surface area contributed by atoms with Crippen molar-refractivity contribution in [1.29, 1.82) is 0 Å². The number of piperazine rings is 1. The molecule has 1 aromatic carbocycles. The molecule has 0 aliphatic carbocycles. The van der Waals surface area contributed by atoms with Gasteiger partial charge in [-0.2, -0.15) is 0 Å². The van der Waals surface area contributed by atoms with E-state index < -0.39 is 0 Å². The van der Waals surface area contributed by atoms with E-state index in [2.05, 4.69) is 47.9 Å². The van der Waals surface area contributed by atoms with Crippen molar-refractivity contribution in [1.82, 2.24) is 9.80 Å². The first-order valence-electron chi connectivity index (χ1n) is 8.08. The van der Waals surface area contributed by atoms with Gasteiger partial charge in [0.1, 0.15) is 0 Å². The van der Waals surface area contributed by atoms with Gasteiger partial charge >= 0.3 is 0 Å². The van der Waals surface area contributed by atoms with Crippen LogP contribution < -0.4 is 0 Å². The second kappa shape index (κ2) is 8.79. The number of nitrogens with zero attached hydrogens (tertiary/aromatic N) is 2. The quantitative estimate of drug-likeness (QED) is 0.784. The zero-order valence-electron chi connectivity index (χ0n) is 13.3. The van der Waals surface area contributed by atoms with Gasteiger partial charge in [-0.25, -0.2) is 0 Å². The highest BCUT2D eigenvalue weighted by Crippen LogP contribution is 2.22. The number of thioether (sulfide) groups is 1. The van der Waals surface area contributed by atoms with Gasteiger partial charge in [0.15, 0.2) is 0 Å². The Bertz CT molecular complexity index is 402. The first-order chi connectivity index (χ1) is 10.2. The number of aliphatic hydroxyl groups excluding tert-OH is 1. The molecular formula is C17H28N2OS. The van der Waals surface area contributed by atoms with Crippen LogP contribution in [0.25, 0.3) is 0 Å². The molecule has 21 heavy (non-hydrogen) atoms. The molecule has 1 N–H and O–H groups in total. The second-order valence-electron chi connectivity index (χ2n) is 5.58. The summed E-state index contributed by atoms with van der Waals surface area (Å²) in [6.45, 7) is 11.1. The molecule has 1 atom stereocenters. The Kier molecular flexibility index (Phi) is 7.04. The molecule has 0 amide bonds. The van der Waals surface area contributed by atoms with Gasteiger partial charge in [-0.05, 0) is 36.4 Å². The van der Waals surface area contributed by atoms with E-state index in [0.29, 0.717) is 0 Å². The standard InChI is InChI=1S/C17H28N2OS/c1-3-18-11-13-19(14-12-18)10-9-17(20)15-5-7-16(8-6-15)21-4-2/h5-8,17,20H,3-4,9-14H2,1-2H3. The number of hydrogen-bond donors (Lipinski definition) is 1. The van der Waals surface area contributed by atoms with Crippen LogP contribution >= 0.6 is 11.8 Å². The molecule has 3 nitrogen and oxygen atoms in total. The molecule has 1 aromatic rings. The SMILES string of the molecule is CCSc1ccc(C(O)CCN2CCN(CC)CC2)cc1. The minimum absolute atomic E-state index is 0.338. The summed E-state index contributed by atoms with van der Waals surface area (Å²) in [5.74, 6) is 1.09. The highest BCUT2D eigenvalue weighted by Gasteiger charge is 2.16. The summed E-state index contributed by atoms with van der Waals surface area (Å²) in [7, 11) is 0. The van der Waals surface area contributed by atoms with E-state index in [4.69, 9.17) is 0 Å². The first kappa shape index (κ1) is 16.8. The van der Waals surface area contributed by atoms with Crippen LogP contribution in [0.5, 0.6) is 0 Å². The van der Waals surface area contributed by atoms with Crippen molar-refractivity contribution in [2.45, 2.75) is 31.3 Å². The lowest BCUT2D eigenvalue weighted by molar-refractivity contribution is 0.105. The summed E-state index contributed by atoms with van der Waals surface area (Å²) in [4.78, 5) is 6.23. The summed E-state index contributed by atoms with van der Waals surface area (Å²) in [6.07, 6.45) is 0.488. The lowest BCUT2D eigenvalue weighted by Gasteiger charge is -2.34. The fourth-order valence-electron chi connectivity index (χ4n) is 2.75. The van der Waals surface area contributed by atoms with Crippen molar-refractivity contribution in [3.8, 4) is 0 Å². The number of hydrogen-bond acceptors (Lipinski definition) is 4. The van der Waals surface area contributed by atoms with Crippen molar-refractivity contribution >= 4 is 11.8 Å². The molecule has 0 radical (unpaired) electrons. The summed E-state index contributed by atoms with van der Waals surface area (Å²) in [5, 5.41) is 10.3. The molecule has 1 heterocycles. The van der Waals surface area contributed by atoms with Crippen molar-refractivity contribution in [3.05, 3.63) is 29.8 Å². The molecule has 4 heteroatoms. The Balaban J connectivity index is 1.75. The minimum Gasteiger partial charge on any atom is -0.388 e. The van der Waals surface area contributed by atoms with Crippen LogP contribution in [-0.2, 0) is 0 Å². The maximum absolute atomic E-state index is 10.3. The topological polar surface area (TPSA) is 26.7 Å². The zero-order valence-corrected chi connectivity index (χ0v) is 14.1. The van der Waals surface area contributed by atoms with Gasteiger partial charge < -0.3 is 14.9 Å². The fourth-order valence-corrected chi connectivity index (χ4v) is 3.42. The van der Waals surface area contributed by atoms with Crippen molar-refractivity contribution in [2.24, 2.45) is 0 Å². The lowest BCUT2D eigenvalue weighted by Crippen LogP contribution is -2.46. The summed E-state index contributed by atoms with van der Waals surface area (Å²) < 4.78 is 0. The van der Waals surface area contributed by atoms with Gasteiger partial charge in [0.25, 0.3) is 0 Å². The Labute approximate surface area is 133 Å². The number of rotatable bonds is 7. The summed E-state index contributed by atoms with van der Waals surface area (Å²) >= 11 is 1.84. The van der Waals surface area contributed by atoms with Gasteiger partial charge in [-0.1, -0.05) is 26.0 Å². The van der Waals surface area contributed by atoms with Crippen LogP contribution in [0.3, 0.4) is 0 Å². The third-order valence-corrected chi connectivity index (χ3v) is 5.10. The van der Waals surface area contributed by atoms with E-state index in [-0.39, 0.29) is 6.10 Å². The Morgan fingerprint density at radius 3 is 2.24 bits per heavy atom. The molecule has 0 spiro atoms. The molecule has 2 rings (SSSR count). The van der Waals surface area contributed by atoms with Crippen molar-refractivity contribution in [3.63, 3.8) is 0 Å². The van der Waals surface area contributed by atoms with E-state index in [9.17, 15) is 5.11 Å². The third-order valence-electron chi connectivity index (χ3n) is 4.21. The summed E-state index contributed by atoms with van der Waals surface area (Å²) in [6, 6.07) is 8.37. The maximum atomic E-state index is 10.3. The van der Waals surface area contributed by atoms with E-state index >= 15 is 0 Å². The normalized spacial score (nSPS) is 18.8. The largest absolute Gasteiger partial charge is 0.388 e. The fraction of sp³-hybridized carbons (Fsp3) is 0.647. The molecule has 1 fully saturated rings. The van der Waals surface area contributed by atoms with E-state index in [0.717, 1.165) is 57.0 Å². The van der Waals surface area contributed by atoms with Crippen LogP contribution in [-0.4, -0.2) is 59.9 Å². The van der Waals surface area contributed by atoms with E-state index in [1.165, 1.54) is 4.90 Å². The molecule has 118 valence electrons. The number of likely N-dealkylation sites (N-methyl/N-ethyl adjacent to an activating group) is 1. The van der Waals surface area contributed by atoms with Gasteiger partial charge in [-0.15, -0.1) is 11.8 Å². The third kappa shape index (κ3) is 5.29. The monoisotopic (exact) mass is 308 g/mol. The van der Waals surface area contributed by atoms with Gasteiger partial charge in [0, 0.05) is 37.6 Å². The Morgan fingerprint density at radius 2 is 1.67 bits per heavy atom. The second-order valence-corrected chi connectivity index (χ2v) is 6.92. The molecule has 1 aliphatic heterocycles. The van der Waals surface area contributed by atoms with Gasteiger partial charge in [0.05, 0.1) is 6.10 Å². The maximum Gasteiger partial charge on any atom is 0.0802 e. The average molecular weight is 308 g/mol. The highest BCUT2D eigenvalue weighted by molar-refractivity contribution is 7.99. The van der Waals surface area contributed by atoms with Gasteiger partial charge in [-0.3, -0.25) is 0 Å². The molecule has 0 saturated carbocycles. The van der Waals surface area contributed by atoms with Crippen LogP contribution in [0.1, 0.15) is 31.9 Å². The number of aliphatic hydroxyl groups is 1. The zero-order chi connectivity index (χ0) is 15.1. The van der Waals surface area contributed by atoms with E-state index in [1.807, 2.05) is 11.8 Å². The minimum atomic E-state index is -0.338. The molecular weight excluding hydrogens is 280 g/mol. The number of benzene rings is 1. The Hall–Kier alpha value is -0.550. The summed E-state index contributed by atoms with van der Waals surface area (Å²) in [5.41, 5.74) is 1.04. The molecule has 0 aromatic heterocycles. The lowest BCUT2D eigenvalue weighted by atomic mass is 10.1. The Morgan fingerprint density at radius 1 is 1.05 bits per heavy atom. The molecule has 1 unspecified atom stereocenters. The molecule has 1 aliphatic rings. The van der Waals surface area contributed by atoms with Crippen molar-refractivity contribution < 1.29 is 5.11 Å². The smallest absolute Gasteiger partial charge is 0.0802 e. The first-order valence-corrected chi connectivity index (χ1v) is 9.07. The van der Waals surface area contributed by atoms with Gasteiger partial charge in [0.2, 0.25) is 0 Å². The average Bonchev–Trinajstić information content (AvgIpc) is 2.54. The van der Waals surface area contributed by atoms with Crippen LogP contribution in [0.4, 0.5) is 0 Å². The highest BCUT2D eigenvalue weighted by atomic mass is 32.2. The predicted molar refractivity (Wildman–Crippen MR) is 91.0 cm³/mol. The van der Waals surface area contributed by atoms with Crippen molar-refractivity contribution in [2.75, 3.05) is 45.0 Å². The van der Waals surface area contributed by atoms with E-state index in [1.54, 1.807) is 0 Å².